The molecule has 2 aromatic rings. The van der Waals surface area contributed by atoms with Crippen molar-refractivity contribution in [2.24, 2.45) is 0 Å². The Balaban J connectivity index is 2.71. The second-order valence-electron chi connectivity index (χ2n) is 4.94. The van der Waals surface area contributed by atoms with E-state index in [0.29, 0.717) is 10.8 Å². The Labute approximate surface area is 127 Å². The molecule has 0 N–H and O–H groups in total. The van der Waals surface area contributed by atoms with E-state index in [4.69, 9.17) is 0 Å². The summed E-state index contributed by atoms with van der Waals surface area (Å²) in [5, 5.41) is 3.92. The molecule has 0 atom stereocenters. The molecule has 0 unspecified atom stereocenters. The van der Waals surface area contributed by atoms with Crippen LogP contribution in [0, 0.1) is 0 Å². The molecule has 0 bridgehead atoms. The third-order valence-corrected chi connectivity index (χ3v) is 3.52. The summed E-state index contributed by atoms with van der Waals surface area (Å²) in [6.45, 7) is 2.95. The number of carbonyl (C=O) groups is 1. The van der Waals surface area contributed by atoms with Crippen LogP contribution in [0.15, 0.2) is 29.0 Å². The molecule has 0 aliphatic carbocycles. The van der Waals surface area contributed by atoms with Crippen LogP contribution in [-0.4, -0.2) is 21.1 Å². The van der Waals surface area contributed by atoms with Gasteiger partial charge in [0.15, 0.2) is 0 Å². The number of aromatic nitrogens is 3. The van der Waals surface area contributed by atoms with E-state index in [9.17, 15) is 18.0 Å². The van der Waals surface area contributed by atoms with Gasteiger partial charge in [0.05, 0.1) is 0 Å². The van der Waals surface area contributed by atoms with Crippen molar-refractivity contribution in [1.29, 1.82) is 0 Å². The van der Waals surface area contributed by atoms with Gasteiger partial charge in [0, 0.05) is 16.9 Å². The molecule has 21 heavy (non-hydrogen) atoms. The summed E-state index contributed by atoms with van der Waals surface area (Å²) in [5.41, 5.74) is -2.36. The van der Waals surface area contributed by atoms with Gasteiger partial charge in [0.2, 0.25) is 0 Å². The summed E-state index contributed by atoms with van der Waals surface area (Å²) >= 11 is 3.16. The fourth-order valence-electron chi connectivity index (χ4n) is 1.67. The van der Waals surface area contributed by atoms with E-state index in [1.807, 2.05) is 0 Å². The number of hydrogen-bond donors (Lipinski definition) is 0. The van der Waals surface area contributed by atoms with E-state index < -0.39 is 17.3 Å². The Morgan fingerprint density at radius 2 is 1.95 bits per heavy atom. The average molecular weight is 362 g/mol. The van der Waals surface area contributed by atoms with Crippen LogP contribution in [0.1, 0.15) is 19.4 Å². The Kier molecular flexibility index (Phi) is 3.92. The molecule has 4 nitrogen and oxygen atoms in total. The number of aldehydes is 1. The smallest absolute Gasteiger partial charge is 0.301 e. The van der Waals surface area contributed by atoms with Gasteiger partial charge in [-0.3, -0.25) is 9.67 Å². The first kappa shape index (κ1) is 15.7. The predicted molar refractivity (Wildman–Crippen MR) is 73.5 cm³/mol. The number of alkyl halides is 3. The lowest BCUT2D eigenvalue weighted by molar-refractivity contribution is -0.137. The van der Waals surface area contributed by atoms with Gasteiger partial charge in [-0.25, -0.2) is 0 Å². The third-order valence-electron chi connectivity index (χ3n) is 2.88. The highest BCUT2D eigenvalue weighted by Gasteiger charge is 2.39. The van der Waals surface area contributed by atoms with E-state index in [1.165, 1.54) is 20.0 Å². The molecule has 0 aliphatic rings. The van der Waals surface area contributed by atoms with Crippen LogP contribution < -0.4 is 0 Å². The second kappa shape index (κ2) is 5.25. The number of halogens is 4. The predicted octanol–water partition coefficient (Wildman–Crippen LogP) is 3.66. The third kappa shape index (κ3) is 2.99. The van der Waals surface area contributed by atoms with Gasteiger partial charge in [-0.05, 0) is 41.9 Å². The summed E-state index contributed by atoms with van der Waals surface area (Å²) in [4.78, 5) is 15.0. The van der Waals surface area contributed by atoms with Gasteiger partial charge in [-0.2, -0.15) is 18.3 Å². The molecule has 0 fully saturated rings. The van der Waals surface area contributed by atoms with Crippen LogP contribution in [0.25, 0.3) is 11.4 Å². The maximum Gasteiger partial charge on any atom is 0.420 e. The monoisotopic (exact) mass is 361 g/mol. The Morgan fingerprint density at radius 1 is 1.29 bits per heavy atom. The van der Waals surface area contributed by atoms with Gasteiger partial charge < -0.3 is 4.79 Å². The van der Waals surface area contributed by atoms with Crippen LogP contribution in [0.4, 0.5) is 13.2 Å². The second-order valence-corrected chi connectivity index (χ2v) is 5.79. The molecule has 8 heteroatoms. The molecule has 2 aromatic heterocycles. The number of carbonyl (C=O) groups excluding carboxylic acids is 1. The van der Waals surface area contributed by atoms with Gasteiger partial charge in [-0.15, -0.1) is 0 Å². The lowest BCUT2D eigenvalue weighted by atomic mass is 10.1. The Bertz CT molecular complexity index is 680. The summed E-state index contributed by atoms with van der Waals surface area (Å²) < 4.78 is 41.0. The van der Waals surface area contributed by atoms with Crippen LogP contribution in [-0.2, 0) is 16.5 Å². The van der Waals surface area contributed by atoms with Crippen LogP contribution in [0.3, 0.4) is 0 Å². The van der Waals surface area contributed by atoms with Crippen molar-refractivity contribution in [1.82, 2.24) is 14.8 Å². The quantitative estimate of drug-likeness (QED) is 0.783. The van der Waals surface area contributed by atoms with Crippen LogP contribution in [0.5, 0.6) is 0 Å². The van der Waals surface area contributed by atoms with Crippen molar-refractivity contribution in [3.63, 3.8) is 0 Å². The topological polar surface area (TPSA) is 47.8 Å². The number of rotatable bonds is 3. The Morgan fingerprint density at radius 3 is 2.48 bits per heavy atom. The van der Waals surface area contributed by atoms with Gasteiger partial charge in [0.25, 0.3) is 0 Å². The molecule has 2 rings (SSSR count). The fourth-order valence-corrected chi connectivity index (χ4v) is 2.11. The first-order valence-corrected chi connectivity index (χ1v) is 6.70. The Hall–Kier alpha value is -1.70. The molecule has 0 saturated carbocycles. The number of hydrogen-bond acceptors (Lipinski definition) is 3. The summed E-state index contributed by atoms with van der Waals surface area (Å²) in [6.07, 6.45) is -1.85. The molecule has 0 aromatic carbocycles. The van der Waals surface area contributed by atoms with Crippen molar-refractivity contribution in [2.75, 3.05) is 0 Å². The molecule has 0 aliphatic heterocycles. The van der Waals surface area contributed by atoms with Crippen molar-refractivity contribution in [3.05, 3.63) is 34.6 Å². The van der Waals surface area contributed by atoms with Crippen LogP contribution >= 0.6 is 15.9 Å². The molecule has 112 valence electrons. The molecular formula is C13H11BrF3N3O. The molecule has 2 heterocycles. The minimum Gasteiger partial charge on any atom is -0.301 e. The number of nitrogens with zero attached hydrogens (tertiary/aromatic N) is 3. The van der Waals surface area contributed by atoms with E-state index in [-0.39, 0.29) is 11.4 Å². The zero-order valence-corrected chi connectivity index (χ0v) is 12.7. The SMILES string of the molecule is CC(C)(C=O)n1cc(C(F)(F)F)c(-c2ncccc2Br)n1. The van der Waals surface area contributed by atoms with Gasteiger partial charge in [0.1, 0.15) is 28.8 Å². The molecule has 0 amide bonds. The largest absolute Gasteiger partial charge is 0.420 e. The minimum absolute atomic E-state index is 0.0743. The maximum atomic E-state index is 13.2. The van der Waals surface area contributed by atoms with Gasteiger partial charge >= 0.3 is 6.18 Å². The highest BCUT2D eigenvalue weighted by Crippen LogP contribution is 2.38. The molecule has 0 radical (unpaired) electrons. The molecule has 0 spiro atoms. The van der Waals surface area contributed by atoms with Crippen molar-refractivity contribution >= 4 is 22.2 Å². The maximum absolute atomic E-state index is 13.2. The molecule has 0 saturated heterocycles. The fraction of sp³-hybridized carbons (Fsp3) is 0.308. The summed E-state index contributed by atoms with van der Waals surface area (Å²) in [6, 6.07) is 3.17. The highest BCUT2D eigenvalue weighted by atomic mass is 79.9. The summed E-state index contributed by atoms with van der Waals surface area (Å²) in [7, 11) is 0. The zero-order chi connectivity index (χ0) is 15.8. The van der Waals surface area contributed by atoms with Crippen molar-refractivity contribution < 1.29 is 18.0 Å². The zero-order valence-electron chi connectivity index (χ0n) is 11.1. The first-order valence-electron chi connectivity index (χ1n) is 5.91. The van der Waals surface area contributed by atoms with Crippen molar-refractivity contribution in [3.8, 4) is 11.4 Å². The van der Waals surface area contributed by atoms with Crippen LogP contribution in [0.2, 0.25) is 0 Å². The van der Waals surface area contributed by atoms with E-state index >= 15 is 0 Å². The van der Waals surface area contributed by atoms with Crippen molar-refractivity contribution in [2.45, 2.75) is 25.6 Å². The average Bonchev–Trinajstić information content (AvgIpc) is 2.85. The first-order chi connectivity index (χ1) is 9.66. The normalized spacial score (nSPS) is 12.5. The minimum atomic E-state index is -4.59. The van der Waals surface area contributed by atoms with E-state index in [0.717, 1.165) is 10.9 Å². The standard InChI is InChI=1S/C13H11BrF3N3O/c1-12(2,7-21)20-6-8(13(15,16)17)10(19-20)11-9(14)4-3-5-18-11/h3-7H,1-2H3. The van der Waals surface area contributed by atoms with Gasteiger partial charge in [-0.1, -0.05) is 0 Å². The lowest BCUT2D eigenvalue weighted by Crippen LogP contribution is -2.28. The van der Waals surface area contributed by atoms with E-state index in [1.54, 1.807) is 12.1 Å². The number of pyridine rings is 1. The van der Waals surface area contributed by atoms with E-state index in [2.05, 4.69) is 26.0 Å². The summed E-state index contributed by atoms with van der Waals surface area (Å²) in [5.74, 6) is 0. The highest BCUT2D eigenvalue weighted by molar-refractivity contribution is 9.10. The lowest BCUT2D eigenvalue weighted by Gasteiger charge is -2.17. The molecular weight excluding hydrogens is 351 g/mol.